The lowest BCUT2D eigenvalue weighted by Crippen LogP contribution is -2.20. The van der Waals surface area contributed by atoms with Crippen LogP contribution in [0.3, 0.4) is 0 Å². The zero-order chi connectivity index (χ0) is 47.4. The Hall–Kier alpha value is -8.49. The number of aryl methyl sites for hydroxylation is 1. The van der Waals surface area contributed by atoms with Crippen molar-refractivity contribution in [3.63, 3.8) is 0 Å². The van der Waals surface area contributed by atoms with E-state index < -0.39 is 0 Å². The number of nitrogens with zero attached hydrogens (tertiary/aromatic N) is 2. The number of anilines is 1. The maximum Gasteiger partial charge on any atom is 0.170 e. The summed E-state index contributed by atoms with van der Waals surface area (Å²) in [6, 6.07) is 59.7. The van der Waals surface area contributed by atoms with E-state index in [1.165, 1.54) is 22.2 Å². The summed E-state index contributed by atoms with van der Waals surface area (Å²) in [7, 11) is 2.12. The molecule has 1 aromatic heterocycles. The van der Waals surface area contributed by atoms with Crippen LogP contribution in [0.5, 0.6) is 0 Å². The Labute approximate surface area is 391 Å². The molecule has 8 heteroatoms. The summed E-state index contributed by atoms with van der Waals surface area (Å²) >= 11 is 0. The lowest BCUT2D eigenvalue weighted by atomic mass is 10.0. The SMILES string of the molecule is Cc1ccnc2c3c(ccc12)N(C)CC=C3.O=C(CC(=O)c1ccccc1)c1ccccc1.O=C(CC(=O)c1ccccc1)c1ccccc1.O=C(CC(=O)c1ccccc1)c1ccccc1. The van der Waals surface area contributed by atoms with Crippen molar-refractivity contribution in [2.75, 3.05) is 18.5 Å². The minimum absolute atomic E-state index is 0.0754. The van der Waals surface area contributed by atoms with Crippen molar-refractivity contribution in [2.45, 2.75) is 26.2 Å². The molecule has 0 fully saturated rings. The summed E-state index contributed by atoms with van der Waals surface area (Å²) in [5.74, 6) is -0.836. The van der Waals surface area contributed by atoms with E-state index >= 15 is 0 Å². The van der Waals surface area contributed by atoms with Crippen molar-refractivity contribution in [2.24, 2.45) is 0 Å². The molecule has 1 aliphatic rings. The van der Waals surface area contributed by atoms with Crippen molar-refractivity contribution < 1.29 is 28.8 Å². The Balaban J connectivity index is 0.000000147. The van der Waals surface area contributed by atoms with Gasteiger partial charge in [-0.15, -0.1) is 0 Å². The van der Waals surface area contributed by atoms with Crippen LogP contribution >= 0.6 is 0 Å². The highest BCUT2D eigenvalue weighted by Gasteiger charge is 2.16. The van der Waals surface area contributed by atoms with Gasteiger partial charge in [0.2, 0.25) is 0 Å². The van der Waals surface area contributed by atoms with E-state index in [0.29, 0.717) is 33.4 Å². The molecule has 0 saturated heterocycles. The molecule has 0 bridgehead atoms. The van der Waals surface area contributed by atoms with E-state index in [4.69, 9.17) is 0 Å². The number of carbonyl (C=O) groups is 6. The first-order valence-electron chi connectivity index (χ1n) is 21.8. The van der Waals surface area contributed by atoms with Crippen molar-refractivity contribution in [1.29, 1.82) is 0 Å². The molecule has 8 aromatic rings. The maximum absolute atomic E-state index is 11.8. The van der Waals surface area contributed by atoms with Crippen LogP contribution in [0.2, 0.25) is 0 Å². The summed E-state index contributed by atoms with van der Waals surface area (Å²) in [6.45, 7) is 3.11. The van der Waals surface area contributed by atoms with E-state index in [1.54, 1.807) is 146 Å². The van der Waals surface area contributed by atoms with Crippen molar-refractivity contribution >= 4 is 57.4 Å². The number of Topliss-reactive ketones (excluding diaryl/α,β-unsaturated/α-hetero) is 6. The number of hydrogen-bond donors (Lipinski definition) is 0. The standard InChI is InChI=1S/3C15H12O2.C14H14N2/c3*16-14(12-7-3-1-4-8-12)11-15(17)13-9-5-2-6-10-13;1-10-7-8-15-14-11(10)5-6-13-12(14)4-3-9-16(13)2/h3*1-10H,11H2;3-8H,9H2,1-2H3. The van der Waals surface area contributed by atoms with Crippen LogP contribution in [-0.4, -0.2) is 53.3 Å². The first kappa shape index (κ1) is 48.0. The number of hydrogen-bond acceptors (Lipinski definition) is 8. The molecule has 0 amide bonds. The smallest absolute Gasteiger partial charge is 0.170 e. The lowest BCUT2D eigenvalue weighted by Gasteiger charge is -2.24. The van der Waals surface area contributed by atoms with E-state index in [2.05, 4.69) is 54.2 Å². The summed E-state index contributed by atoms with van der Waals surface area (Å²) < 4.78 is 0. The van der Waals surface area contributed by atoms with Crippen LogP contribution in [0, 0.1) is 6.92 Å². The number of rotatable bonds is 12. The first-order chi connectivity index (χ1) is 32.6. The fourth-order valence-corrected chi connectivity index (χ4v) is 7.09. The third kappa shape index (κ3) is 14.0. The molecule has 0 spiro atoms. The minimum Gasteiger partial charge on any atom is -0.370 e. The zero-order valence-electron chi connectivity index (χ0n) is 37.5. The van der Waals surface area contributed by atoms with Gasteiger partial charge in [0.15, 0.2) is 34.7 Å². The highest BCUT2D eigenvalue weighted by molar-refractivity contribution is 6.15. The Morgan fingerprint density at radius 3 is 1.01 bits per heavy atom. The number of benzene rings is 7. The van der Waals surface area contributed by atoms with Gasteiger partial charge in [-0.2, -0.15) is 0 Å². The van der Waals surface area contributed by atoms with Gasteiger partial charge >= 0.3 is 0 Å². The summed E-state index contributed by atoms with van der Waals surface area (Å²) in [5.41, 5.74) is 8.40. The predicted octanol–water partition coefficient (Wildman–Crippen LogP) is 12.4. The second kappa shape index (κ2) is 24.5. The van der Waals surface area contributed by atoms with Gasteiger partial charge in [0.1, 0.15) is 0 Å². The molecule has 0 saturated carbocycles. The fourth-order valence-electron chi connectivity index (χ4n) is 7.09. The third-order valence-electron chi connectivity index (χ3n) is 10.8. The molecular weight excluding hydrogens is 833 g/mol. The van der Waals surface area contributed by atoms with Crippen molar-refractivity contribution in [3.8, 4) is 0 Å². The molecule has 0 atom stereocenters. The van der Waals surface area contributed by atoms with E-state index in [1.807, 2.05) is 42.6 Å². The molecule has 0 aliphatic carbocycles. The fraction of sp³-hybridized carbons (Fsp3) is 0.102. The highest BCUT2D eigenvalue weighted by atomic mass is 16.2. The quantitative estimate of drug-likeness (QED) is 0.0879. The first-order valence-corrected chi connectivity index (χ1v) is 21.8. The molecular formula is C59H50N2O6. The van der Waals surface area contributed by atoms with Crippen molar-refractivity contribution in [1.82, 2.24) is 4.98 Å². The van der Waals surface area contributed by atoms with Gasteiger partial charge in [-0.3, -0.25) is 33.8 Å². The second-order valence-electron chi connectivity index (χ2n) is 15.6. The molecule has 0 N–H and O–H groups in total. The molecule has 7 aromatic carbocycles. The summed E-state index contributed by atoms with van der Waals surface area (Å²) in [4.78, 5) is 77.6. The maximum atomic E-state index is 11.8. The number of fused-ring (bicyclic) bond motifs is 3. The van der Waals surface area contributed by atoms with Crippen LogP contribution in [0.1, 0.15) is 92.5 Å². The number of pyridine rings is 1. The number of carbonyl (C=O) groups excluding carboxylic acids is 6. The van der Waals surface area contributed by atoms with Crippen LogP contribution in [0.4, 0.5) is 5.69 Å². The molecule has 8 nitrogen and oxygen atoms in total. The van der Waals surface area contributed by atoms with Crippen LogP contribution in [-0.2, 0) is 0 Å². The Morgan fingerprint density at radius 1 is 0.418 bits per heavy atom. The lowest BCUT2D eigenvalue weighted by molar-refractivity contribution is 0.0878. The molecule has 0 radical (unpaired) electrons. The van der Waals surface area contributed by atoms with Gasteiger partial charge in [-0.05, 0) is 24.6 Å². The third-order valence-corrected chi connectivity index (χ3v) is 10.8. The summed E-state index contributed by atoms with van der Waals surface area (Å²) in [6.07, 6.45) is 6.03. The number of aromatic nitrogens is 1. The minimum atomic E-state index is -0.139. The normalized spacial score (nSPS) is 10.9. The average Bonchev–Trinajstić information content (AvgIpc) is 3.38. The Morgan fingerprint density at radius 2 is 0.716 bits per heavy atom. The second-order valence-corrected chi connectivity index (χ2v) is 15.6. The molecule has 9 rings (SSSR count). The van der Waals surface area contributed by atoms with E-state index in [0.717, 1.165) is 12.1 Å². The van der Waals surface area contributed by atoms with E-state index in [9.17, 15) is 28.8 Å². The topological polar surface area (TPSA) is 119 Å². The molecule has 332 valence electrons. The zero-order valence-corrected chi connectivity index (χ0v) is 37.5. The predicted molar refractivity (Wildman–Crippen MR) is 267 cm³/mol. The molecule has 1 aliphatic heterocycles. The average molecular weight is 883 g/mol. The number of likely N-dealkylation sites (N-methyl/N-ethyl adjacent to an activating group) is 1. The molecule has 0 unspecified atom stereocenters. The van der Waals surface area contributed by atoms with Gasteiger partial charge in [-0.25, -0.2) is 0 Å². The van der Waals surface area contributed by atoms with E-state index in [-0.39, 0.29) is 54.0 Å². The highest BCUT2D eigenvalue weighted by Crippen LogP contribution is 2.32. The van der Waals surface area contributed by atoms with Gasteiger partial charge < -0.3 is 4.90 Å². The van der Waals surface area contributed by atoms with Crippen LogP contribution in [0.25, 0.3) is 17.0 Å². The van der Waals surface area contributed by atoms with Gasteiger partial charge in [-0.1, -0.05) is 200 Å². The number of ketones is 6. The van der Waals surface area contributed by atoms with Crippen LogP contribution < -0.4 is 4.90 Å². The van der Waals surface area contributed by atoms with Crippen LogP contribution in [0.15, 0.2) is 212 Å². The summed E-state index contributed by atoms with van der Waals surface area (Å²) in [5, 5.41) is 1.25. The molecule has 2 heterocycles. The molecule has 67 heavy (non-hydrogen) atoms. The monoisotopic (exact) mass is 882 g/mol. The Kier molecular flexibility index (Phi) is 17.6. The van der Waals surface area contributed by atoms with Crippen molar-refractivity contribution in [3.05, 3.63) is 257 Å². The Bertz CT molecular complexity index is 2570. The van der Waals surface area contributed by atoms with Gasteiger partial charge in [0.05, 0.1) is 24.8 Å². The largest absolute Gasteiger partial charge is 0.370 e. The van der Waals surface area contributed by atoms with Gasteiger partial charge in [0.25, 0.3) is 0 Å². The van der Waals surface area contributed by atoms with Gasteiger partial charge in [0, 0.05) is 69.8 Å².